The molecule has 20 heavy (non-hydrogen) atoms. The number of benzene rings is 1. The van der Waals surface area contributed by atoms with Crippen LogP contribution in [-0.2, 0) is 0 Å². The van der Waals surface area contributed by atoms with Crippen molar-refractivity contribution >= 4 is 28.6 Å². The second-order valence-corrected chi connectivity index (χ2v) is 6.86. The van der Waals surface area contributed by atoms with Gasteiger partial charge in [-0.05, 0) is 36.1 Å². The molecule has 3 nitrogen and oxygen atoms in total. The van der Waals surface area contributed by atoms with E-state index in [4.69, 9.17) is 21.1 Å². The third-order valence-corrected chi connectivity index (χ3v) is 4.24. The zero-order valence-electron chi connectivity index (χ0n) is 11.6. The Hall–Kier alpha value is -1.39. The van der Waals surface area contributed by atoms with Gasteiger partial charge in [0.1, 0.15) is 0 Å². The summed E-state index contributed by atoms with van der Waals surface area (Å²) in [5.41, 5.74) is 2.18. The summed E-state index contributed by atoms with van der Waals surface area (Å²) in [5.74, 6) is 0.968. The Morgan fingerprint density at radius 1 is 1.20 bits per heavy atom. The number of anilines is 1. The Morgan fingerprint density at radius 3 is 2.65 bits per heavy atom. The number of fused-ring (bicyclic) bond motifs is 1. The van der Waals surface area contributed by atoms with Gasteiger partial charge in [0.05, 0.1) is 4.34 Å². The van der Waals surface area contributed by atoms with E-state index in [-0.39, 0.29) is 6.04 Å². The van der Waals surface area contributed by atoms with Crippen LogP contribution in [0.2, 0.25) is 4.34 Å². The average Bonchev–Trinajstić information content (AvgIpc) is 2.90. The molecule has 0 amide bonds. The summed E-state index contributed by atoms with van der Waals surface area (Å²) in [7, 11) is 0. The fourth-order valence-electron chi connectivity index (χ4n) is 2.20. The predicted molar refractivity (Wildman–Crippen MR) is 83.1 cm³/mol. The van der Waals surface area contributed by atoms with Crippen molar-refractivity contribution in [2.45, 2.75) is 32.6 Å². The molecule has 5 heteroatoms. The molecule has 1 unspecified atom stereocenters. The van der Waals surface area contributed by atoms with E-state index in [1.807, 2.05) is 38.1 Å². The third-order valence-electron chi connectivity index (χ3n) is 3.13. The monoisotopic (exact) mass is 309 g/mol. The SMILES string of the molecule is CC(Nc1ccc2c(c1)OC(C)(C)O2)c1csc(Cl)c1. The molecule has 0 radical (unpaired) electrons. The van der Waals surface area contributed by atoms with Gasteiger partial charge in [0.15, 0.2) is 11.5 Å². The maximum Gasteiger partial charge on any atom is 0.246 e. The number of hydrogen-bond acceptors (Lipinski definition) is 4. The highest BCUT2D eigenvalue weighted by molar-refractivity contribution is 7.14. The molecular weight excluding hydrogens is 294 g/mol. The molecule has 2 aromatic rings. The van der Waals surface area contributed by atoms with Gasteiger partial charge in [-0.1, -0.05) is 11.6 Å². The molecule has 106 valence electrons. The molecule has 0 bridgehead atoms. The van der Waals surface area contributed by atoms with Crippen molar-refractivity contribution in [1.29, 1.82) is 0 Å². The lowest BCUT2D eigenvalue weighted by molar-refractivity contribution is -0.0431. The molecule has 2 heterocycles. The topological polar surface area (TPSA) is 30.5 Å². The van der Waals surface area contributed by atoms with E-state index in [1.54, 1.807) is 11.3 Å². The van der Waals surface area contributed by atoms with E-state index in [1.165, 1.54) is 5.56 Å². The first-order chi connectivity index (χ1) is 9.43. The number of ether oxygens (including phenoxy) is 2. The van der Waals surface area contributed by atoms with Crippen molar-refractivity contribution in [2.24, 2.45) is 0 Å². The highest BCUT2D eigenvalue weighted by Gasteiger charge is 2.31. The van der Waals surface area contributed by atoms with Crippen molar-refractivity contribution in [3.8, 4) is 11.5 Å². The lowest BCUT2D eigenvalue weighted by Crippen LogP contribution is -2.29. The van der Waals surface area contributed by atoms with Gasteiger partial charge in [-0.3, -0.25) is 0 Å². The van der Waals surface area contributed by atoms with E-state index < -0.39 is 5.79 Å². The van der Waals surface area contributed by atoms with E-state index >= 15 is 0 Å². The molecule has 1 aliphatic heterocycles. The van der Waals surface area contributed by atoms with Crippen molar-refractivity contribution in [3.05, 3.63) is 39.5 Å². The van der Waals surface area contributed by atoms with Gasteiger partial charge in [0.25, 0.3) is 0 Å². The molecule has 0 fully saturated rings. The minimum atomic E-state index is -0.590. The van der Waals surface area contributed by atoms with Gasteiger partial charge in [-0.2, -0.15) is 0 Å². The van der Waals surface area contributed by atoms with Crippen LogP contribution < -0.4 is 14.8 Å². The molecule has 1 atom stereocenters. The summed E-state index contributed by atoms with van der Waals surface area (Å²) < 4.78 is 12.2. The molecule has 3 rings (SSSR count). The fraction of sp³-hybridized carbons (Fsp3) is 0.333. The van der Waals surface area contributed by atoms with Crippen LogP contribution in [0.15, 0.2) is 29.6 Å². The van der Waals surface area contributed by atoms with Gasteiger partial charge < -0.3 is 14.8 Å². The third kappa shape index (κ3) is 2.72. The summed E-state index contributed by atoms with van der Waals surface area (Å²) in [6, 6.07) is 8.06. The summed E-state index contributed by atoms with van der Waals surface area (Å²) >= 11 is 7.51. The summed E-state index contributed by atoms with van der Waals surface area (Å²) in [6.45, 7) is 5.90. The molecule has 0 aliphatic carbocycles. The highest BCUT2D eigenvalue weighted by Crippen LogP contribution is 2.41. The Balaban J connectivity index is 1.76. The quantitative estimate of drug-likeness (QED) is 0.857. The predicted octanol–water partition coefficient (Wildman–Crippen LogP) is 5.08. The van der Waals surface area contributed by atoms with Crippen LogP contribution in [0.1, 0.15) is 32.4 Å². The zero-order chi connectivity index (χ0) is 14.3. The van der Waals surface area contributed by atoms with Crippen LogP contribution in [0.25, 0.3) is 0 Å². The lowest BCUT2D eigenvalue weighted by Gasteiger charge is -2.16. The van der Waals surface area contributed by atoms with E-state index in [2.05, 4.69) is 17.6 Å². The van der Waals surface area contributed by atoms with E-state index in [0.717, 1.165) is 21.5 Å². The first-order valence-electron chi connectivity index (χ1n) is 6.45. The first kappa shape index (κ1) is 13.6. The van der Waals surface area contributed by atoms with Gasteiger partial charge in [0, 0.05) is 31.6 Å². The summed E-state index contributed by atoms with van der Waals surface area (Å²) in [6.07, 6.45) is 0. The Bertz CT molecular complexity index is 639. The second kappa shape index (κ2) is 4.86. The van der Waals surface area contributed by atoms with Crippen LogP contribution in [0.3, 0.4) is 0 Å². The first-order valence-corrected chi connectivity index (χ1v) is 7.71. The minimum Gasteiger partial charge on any atom is -0.449 e. The largest absolute Gasteiger partial charge is 0.449 e. The fourth-order valence-corrected chi connectivity index (χ4v) is 3.18. The molecule has 1 aromatic carbocycles. The highest BCUT2D eigenvalue weighted by atomic mass is 35.5. The number of hydrogen-bond donors (Lipinski definition) is 1. The van der Waals surface area contributed by atoms with Crippen molar-refractivity contribution in [1.82, 2.24) is 0 Å². The molecule has 1 aliphatic rings. The second-order valence-electron chi connectivity index (χ2n) is 5.32. The van der Waals surface area contributed by atoms with Crippen LogP contribution in [0.5, 0.6) is 11.5 Å². The Morgan fingerprint density at radius 2 is 1.95 bits per heavy atom. The Labute approximate surface area is 127 Å². The number of nitrogens with one attached hydrogen (secondary N) is 1. The molecule has 0 saturated carbocycles. The standard InChI is InChI=1S/C15H16ClNO2S/c1-9(10-6-14(16)20-8-10)17-11-4-5-12-13(7-11)19-15(2,3)18-12/h4-9,17H,1-3H3. The lowest BCUT2D eigenvalue weighted by atomic mass is 10.1. The molecule has 0 saturated heterocycles. The van der Waals surface area contributed by atoms with Gasteiger partial charge in [-0.15, -0.1) is 11.3 Å². The average molecular weight is 310 g/mol. The maximum atomic E-state index is 5.97. The van der Waals surface area contributed by atoms with E-state index in [9.17, 15) is 0 Å². The minimum absolute atomic E-state index is 0.187. The molecule has 1 N–H and O–H groups in total. The smallest absolute Gasteiger partial charge is 0.246 e. The number of rotatable bonds is 3. The van der Waals surface area contributed by atoms with Gasteiger partial charge in [-0.25, -0.2) is 0 Å². The van der Waals surface area contributed by atoms with Gasteiger partial charge >= 0.3 is 0 Å². The molecular formula is C15H16ClNO2S. The zero-order valence-corrected chi connectivity index (χ0v) is 13.1. The Kier molecular flexibility index (Phi) is 3.30. The van der Waals surface area contributed by atoms with Crippen molar-refractivity contribution in [2.75, 3.05) is 5.32 Å². The van der Waals surface area contributed by atoms with Gasteiger partial charge in [0.2, 0.25) is 5.79 Å². The van der Waals surface area contributed by atoms with E-state index in [0.29, 0.717) is 0 Å². The maximum absolute atomic E-state index is 5.97. The molecule has 1 aromatic heterocycles. The van der Waals surface area contributed by atoms with Crippen LogP contribution in [0.4, 0.5) is 5.69 Å². The van der Waals surface area contributed by atoms with Crippen LogP contribution in [0, 0.1) is 0 Å². The number of thiophene rings is 1. The van der Waals surface area contributed by atoms with Crippen molar-refractivity contribution in [3.63, 3.8) is 0 Å². The van der Waals surface area contributed by atoms with Crippen molar-refractivity contribution < 1.29 is 9.47 Å². The number of halogens is 1. The summed E-state index contributed by atoms with van der Waals surface area (Å²) in [5, 5.41) is 5.51. The van der Waals surface area contributed by atoms with Crippen LogP contribution >= 0.6 is 22.9 Å². The normalized spacial score (nSPS) is 17.0. The molecule has 0 spiro atoms. The van der Waals surface area contributed by atoms with Crippen LogP contribution in [-0.4, -0.2) is 5.79 Å². The summed E-state index contributed by atoms with van der Waals surface area (Å²) in [4.78, 5) is 0.